The highest BCUT2D eigenvalue weighted by Gasteiger charge is 2.25. The third-order valence-corrected chi connectivity index (χ3v) is 5.07. The van der Waals surface area contributed by atoms with Crippen LogP contribution in [0.2, 0.25) is 0 Å². The lowest BCUT2D eigenvalue weighted by atomic mass is 9.95. The summed E-state index contributed by atoms with van der Waals surface area (Å²) in [6.45, 7) is 0.733. The molecule has 0 radical (unpaired) electrons. The van der Waals surface area contributed by atoms with Crippen molar-refractivity contribution in [3.63, 3.8) is 0 Å². The van der Waals surface area contributed by atoms with Crippen molar-refractivity contribution in [3.05, 3.63) is 15.8 Å². The zero-order valence-electron chi connectivity index (χ0n) is 13.1. The summed E-state index contributed by atoms with van der Waals surface area (Å²) in [5.74, 6) is 0. The van der Waals surface area contributed by atoms with Crippen LogP contribution in [0.3, 0.4) is 0 Å². The number of aryl methyl sites for hydroxylation is 1. The van der Waals surface area contributed by atoms with Gasteiger partial charge in [-0.3, -0.25) is 10.1 Å². The molecule has 3 N–H and O–H groups in total. The Morgan fingerprint density at radius 2 is 1.95 bits per heavy atom. The van der Waals surface area contributed by atoms with E-state index in [9.17, 15) is 10.1 Å². The van der Waals surface area contributed by atoms with E-state index in [2.05, 4.69) is 9.69 Å². The van der Waals surface area contributed by atoms with Crippen LogP contribution in [0.4, 0.5) is 10.7 Å². The van der Waals surface area contributed by atoms with Crippen LogP contribution in [0.1, 0.15) is 63.5 Å². The van der Waals surface area contributed by atoms with E-state index in [4.69, 9.17) is 5.73 Å². The van der Waals surface area contributed by atoms with E-state index < -0.39 is 0 Å². The van der Waals surface area contributed by atoms with Gasteiger partial charge in [0, 0.05) is 17.6 Å². The highest BCUT2D eigenvalue weighted by molar-refractivity contribution is 7.10. The highest BCUT2D eigenvalue weighted by atomic mass is 32.1. The number of hydrogen-bond acceptors (Lipinski definition) is 6. The van der Waals surface area contributed by atoms with Crippen molar-refractivity contribution in [2.45, 2.75) is 70.3 Å². The number of nitro groups is 1. The van der Waals surface area contributed by atoms with Gasteiger partial charge in [-0.25, -0.2) is 0 Å². The first-order chi connectivity index (χ1) is 10.7. The summed E-state index contributed by atoms with van der Waals surface area (Å²) in [5.41, 5.74) is 7.04. The van der Waals surface area contributed by atoms with Crippen molar-refractivity contribution in [2.24, 2.45) is 5.73 Å². The second-order valence-electron chi connectivity index (χ2n) is 6.00. The average molecular weight is 326 g/mol. The largest absolute Gasteiger partial charge is 0.374 e. The topological polar surface area (TPSA) is 94.1 Å². The molecule has 124 valence electrons. The van der Waals surface area contributed by atoms with Gasteiger partial charge in [0.25, 0.3) is 0 Å². The molecule has 22 heavy (non-hydrogen) atoms. The van der Waals surface area contributed by atoms with E-state index in [0.717, 1.165) is 68.7 Å². The van der Waals surface area contributed by atoms with Crippen LogP contribution < -0.4 is 11.1 Å². The fraction of sp³-hybridized carbons (Fsp3) is 0.800. The first-order valence-corrected chi connectivity index (χ1v) is 9.09. The highest BCUT2D eigenvalue weighted by Crippen LogP contribution is 2.35. The van der Waals surface area contributed by atoms with Gasteiger partial charge in [0.05, 0.1) is 10.6 Å². The van der Waals surface area contributed by atoms with Crippen molar-refractivity contribution in [1.29, 1.82) is 0 Å². The minimum atomic E-state index is -0.305. The summed E-state index contributed by atoms with van der Waals surface area (Å²) in [6, 6.07) is 0.361. The van der Waals surface area contributed by atoms with E-state index in [-0.39, 0.29) is 9.92 Å². The van der Waals surface area contributed by atoms with E-state index in [0.29, 0.717) is 11.7 Å². The number of aromatic nitrogens is 1. The Balaban J connectivity index is 1.97. The molecule has 0 amide bonds. The Bertz CT molecular complexity index is 472. The molecule has 0 atom stereocenters. The zero-order valence-corrected chi connectivity index (χ0v) is 13.9. The lowest BCUT2D eigenvalue weighted by molar-refractivity contribution is -0.379. The molecule has 0 saturated heterocycles. The minimum absolute atomic E-state index is 0.169. The molecule has 0 aromatic carbocycles. The maximum Gasteiger partial charge on any atom is 0.366 e. The lowest BCUT2D eigenvalue weighted by Gasteiger charge is -2.23. The molecule has 0 bridgehead atoms. The fourth-order valence-electron chi connectivity index (χ4n) is 2.99. The van der Waals surface area contributed by atoms with Crippen LogP contribution in [-0.4, -0.2) is 21.9 Å². The van der Waals surface area contributed by atoms with E-state index in [1.54, 1.807) is 0 Å². The minimum Gasteiger partial charge on any atom is -0.374 e. The molecule has 1 aliphatic carbocycles. The molecule has 1 heterocycles. The van der Waals surface area contributed by atoms with Gasteiger partial charge in [-0.2, -0.15) is 4.37 Å². The molecule has 7 heteroatoms. The Morgan fingerprint density at radius 1 is 1.23 bits per heavy atom. The Hall–Kier alpha value is -1.21. The lowest BCUT2D eigenvalue weighted by Crippen LogP contribution is -2.23. The second-order valence-corrected chi connectivity index (χ2v) is 6.75. The van der Waals surface area contributed by atoms with Gasteiger partial charge in [0.1, 0.15) is 5.69 Å². The van der Waals surface area contributed by atoms with Gasteiger partial charge < -0.3 is 11.1 Å². The number of unbranched alkanes of at least 4 members (excludes halogenated alkanes) is 3. The van der Waals surface area contributed by atoms with Gasteiger partial charge in [0.15, 0.2) is 0 Å². The second kappa shape index (κ2) is 9.05. The van der Waals surface area contributed by atoms with Crippen LogP contribution in [0.15, 0.2) is 0 Å². The summed E-state index contributed by atoms with van der Waals surface area (Å²) in [5, 5.41) is 14.8. The number of hydrogen-bond donors (Lipinski definition) is 2. The van der Waals surface area contributed by atoms with Gasteiger partial charge in [-0.15, -0.1) is 0 Å². The first kappa shape index (κ1) is 17.1. The van der Waals surface area contributed by atoms with E-state index in [1.807, 2.05) is 0 Å². The molecular weight excluding hydrogens is 300 g/mol. The fourth-order valence-corrected chi connectivity index (χ4v) is 3.71. The van der Waals surface area contributed by atoms with Crippen molar-refractivity contribution in [1.82, 2.24) is 4.37 Å². The molecule has 0 spiro atoms. The molecule has 0 aliphatic heterocycles. The molecule has 1 saturated carbocycles. The molecular formula is C15H26N4O2S. The Morgan fingerprint density at radius 3 is 2.64 bits per heavy atom. The monoisotopic (exact) mass is 326 g/mol. The van der Waals surface area contributed by atoms with Crippen molar-refractivity contribution in [3.8, 4) is 0 Å². The average Bonchev–Trinajstić information content (AvgIpc) is 2.91. The summed E-state index contributed by atoms with van der Waals surface area (Å²) in [7, 11) is 0. The van der Waals surface area contributed by atoms with Crippen molar-refractivity contribution >= 4 is 22.2 Å². The van der Waals surface area contributed by atoms with Gasteiger partial charge in [-0.05, 0) is 38.6 Å². The molecule has 1 fully saturated rings. The number of nitrogens with two attached hydrogens (primary N) is 1. The standard InChI is InChI=1S/C15H26N4O2S/c16-11-7-2-1-6-10-13-14(15(19(20)21)22-18-13)17-12-8-4-3-5-9-12/h12,17H,1-11,16H2. The third kappa shape index (κ3) is 4.91. The number of nitrogens with one attached hydrogen (secondary N) is 1. The van der Waals surface area contributed by atoms with Gasteiger partial charge >= 0.3 is 5.00 Å². The molecule has 1 aromatic rings. The van der Waals surface area contributed by atoms with Crippen LogP contribution in [0.5, 0.6) is 0 Å². The van der Waals surface area contributed by atoms with Crippen LogP contribution in [-0.2, 0) is 6.42 Å². The SMILES string of the molecule is NCCCCCCc1nsc([N+](=O)[O-])c1NC1CCCCC1. The molecule has 1 aromatic heterocycles. The van der Waals surface area contributed by atoms with Crippen molar-refractivity contribution < 1.29 is 4.92 Å². The normalized spacial score (nSPS) is 15.9. The van der Waals surface area contributed by atoms with Crippen LogP contribution >= 0.6 is 11.5 Å². The predicted molar refractivity (Wildman–Crippen MR) is 90.5 cm³/mol. The summed E-state index contributed by atoms with van der Waals surface area (Å²) >= 11 is 1.01. The van der Waals surface area contributed by atoms with Gasteiger partial charge in [-0.1, -0.05) is 32.1 Å². The zero-order chi connectivity index (χ0) is 15.8. The Labute approximate surface area is 135 Å². The number of anilines is 1. The van der Waals surface area contributed by atoms with E-state index >= 15 is 0 Å². The number of nitrogens with zero attached hydrogens (tertiary/aromatic N) is 2. The molecule has 6 nitrogen and oxygen atoms in total. The van der Waals surface area contributed by atoms with Crippen molar-refractivity contribution in [2.75, 3.05) is 11.9 Å². The van der Waals surface area contributed by atoms with Gasteiger partial charge in [0.2, 0.25) is 0 Å². The number of rotatable bonds is 9. The summed E-state index contributed by atoms with van der Waals surface area (Å²) in [6.07, 6.45) is 11.0. The Kier molecular flexibility index (Phi) is 7.05. The maximum atomic E-state index is 11.2. The summed E-state index contributed by atoms with van der Waals surface area (Å²) < 4.78 is 4.33. The smallest absolute Gasteiger partial charge is 0.366 e. The van der Waals surface area contributed by atoms with Crippen LogP contribution in [0, 0.1) is 10.1 Å². The molecule has 2 rings (SSSR count). The predicted octanol–water partition coefficient (Wildman–Crippen LogP) is 3.86. The quantitative estimate of drug-likeness (QED) is 0.408. The maximum absolute atomic E-state index is 11.2. The van der Waals surface area contributed by atoms with E-state index in [1.165, 1.54) is 19.3 Å². The molecule has 1 aliphatic rings. The van der Waals surface area contributed by atoms with Crippen LogP contribution in [0.25, 0.3) is 0 Å². The molecule has 0 unspecified atom stereocenters. The first-order valence-electron chi connectivity index (χ1n) is 8.32. The third-order valence-electron chi connectivity index (χ3n) is 4.23. The summed E-state index contributed by atoms with van der Waals surface area (Å²) in [4.78, 5) is 10.9.